The van der Waals surface area contributed by atoms with Gasteiger partial charge in [-0.1, -0.05) is 26.8 Å². The molecule has 168 valence electrons. The third-order valence-electron chi connectivity index (χ3n) is 8.07. The van der Waals surface area contributed by atoms with Crippen LogP contribution in [-0.4, -0.2) is 44.1 Å². The number of hydrogen-bond donors (Lipinski definition) is 3. The molecular formula is C24H35ClO5. The van der Waals surface area contributed by atoms with Gasteiger partial charge in [-0.15, -0.1) is 11.6 Å². The second kappa shape index (κ2) is 7.35. The molecule has 3 N–H and O–H groups in total. The van der Waals surface area contributed by atoms with Crippen molar-refractivity contribution < 1.29 is 24.5 Å². The van der Waals surface area contributed by atoms with Crippen LogP contribution in [0, 0.1) is 11.3 Å². The van der Waals surface area contributed by atoms with Crippen LogP contribution in [0.4, 0.5) is 0 Å². The molecule has 6 heteroatoms. The maximum Gasteiger partial charge on any atom is 0.132 e. The highest BCUT2D eigenvalue weighted by Gasteiger charge is 2.64. The molecule has 0 spiro atoms. The minimum atomic E-state index is -1.57. The second-order valence-electron chi connectivity index (χ2n) is 10.3. The summed E-state index contributed by atoms with van der Waals surface area (Å²) in [5.74, 6) is 0.770. The normalized spacial score (nSPS) is 40.8. The van der Waals surface area contributed by atoms with E-state index in [0.29, 0.717) is 19.4 Å². The van der Waals surface area contributed by atoms with Crippen molar-refractivity contribution >= 4 is 11.6 Å². The summed E-state index contributed by atoms with van der Waals surface area (Å²) in [6, 6.07) is 0. The van der Waals surface area contributed by atoms with Crippen LogP contribution < -0.4 is 0 Å². The molecule has 1 heterocycles. The highest BCUT2D eigenvalue weighted by atomic mass is 35.5. The number of fused-ring (bicyclic) bond motifs is 5. The average molecular weight is 439 g/mol. The largest absolute Gasteiger partial charge is 0.466 e. The van der Waals surface area contributed by atoms with Crippen LogP contribution in [0.2, 0.25) is 0 Å². The lowest BCUT2D eigenvalue weighted by atomic mass is 9.49. The van der Waals surface area contributed by atoms with E-state index in [9.17, 15) is 15.3 Å². The Morgan fingerprint density at radius 3 is 2.57 bits per heavy atom. The number of aliphatic hydroxyl groups is 3. The van der Waals surface area contributed by atoms with Crippen molar-refractivity contribution in [3.05, 3.63) is 34.8 Å². The van der Waals surface area contributed by atoms with Crippen LogP contribution >= 0.6 is 11.6 Å². The van der Waals surface area contributed by atoms with Crippen LogP contribution in [0.5, 0.6) is 0 Å². The maximum atomic E-state index is 11.7. The molecule has 4 rings (SSSR count). The Labute approximate surface area is 184 Å². The van der Waals surface area contributed by atoms with Gasteiger partial charge in [-0.3, -0.25) is 0 Å². The van der Waals surface area contributed by atoms with Crippen molar-refractivity contribution in [1.82, 2.24) is 0 Å². The predicted octanol–water partition coefficient (Wildman–Crippen LogP) is 4.06. The van der Waals surface area contributed by atoms with Crippen molar-refractivity contribution in [2.45, 2.75) is 102 Å². The lowest BCUT2D eigenvalue weighted by molar-refractivity contribution is -0.195. The van der Waals surface area contributed by atoms with E-state index >= 15 is 0 Å². The van der Waals surface area contributed by atoms with E-state index in [-0.39, 0.29) is 23.4 Å². The summed E-state index contributed by atoms with van der Waals surface area (Å²) in [6.45, 7) is 10.3. The molecule has 1 fully saturated rings. The fourth-order valence-electron chi connectivity index (χ4n) is 6.14. The fourth-order valence-corrected chi connectivity index (χ4v) is 6.63. The van der Waals surface area contributed by atoms with Gasteiger partial charge >= 0.3 is 0 Å². The molecule has 30 heavy (non-hydrogen) atoms. The second-order valence-corrected chi connectivity index (χ2v) is 10.8. The molecule has 1 saturated carbocycles. The summed E-state index contributed by atoms with van der Waals surface area (Å²) in [5.41, 5.74) is -0.218. The Morgan fingerprint density at radius 2 is 1.93 bits per heavy atom. The summed E-state index contributed by atoms with van der Waals surface area (Å²) in [7, 11) is 0. The molecule has 0 amide bonds. The number of furan rings is 1. The Hall–Kier alpha value is -0.850. The van der Waals surface area contributed by atoms with Gasteiger partial charge in [0, 0.05) is 0 Å². The molecule has 0 aromatic carbocycles. The first kappa shape index (κ1) is 22.3. The van der Waals surface area contributed by atoms with E-state index in [1.54, 1.807) is 0 Å². The third-order valence-corrected chi connectivity index (χ3v) is 8.54. The van der Waals surface area contributed by atoms with Gasteiger partial charge in [-0.25, -0.2) is 0 Å². The van der Waals surface area contributed by atoms with Crippen LogP contribution in [0.15, 0.2) is 22.3 Å². The highest BCUT2D eigenvalue weighted by molar-refractivity contribution is 6.23. The number of halogens is 1. The van der Waals surface area contributed by atoms with E-state index in [0.717, 1.165) is 24.2 Å². The zero-order chi connectivity index (χ0) is 22.1. The van der Waals surface area contributed by atoms with Crippen LogP contribution in [0.3, 0.4) is 0 Å². The van der Waals surface area contributed by atoms with Crippen molar-refractivity contribution in [3.63, 3.8) is 0 Å². The lowest BCUT2D eigenvalue weighted by Gasteiger charge is -2.60. The third kappa shape index (κ3) is 2.96. The van der Waals surface area contributed by atoms with E-state index in [1.165, 1.54) is 11.1 Å². The zero-order valence-electron chi connectivity index (χ0n) is 18.6. The molecule has 0 radical (unpaired) electrons. The molecule has 1 aromatic rings. The minimum absolute atomic E-state index is 0.138. The van der Waals surface area contributed by atoms with E-state index in [4.69, 9.17) is 20.8 Å². The Balaban J connectivity index is 1.73. The average Bonchev–Trinajstić information content (AvgIpc) is 3.09. The topological polar surface area (TPSA) is 83.1 Å². The molecule has 3 aliphatic carbocycles. The monoisotopic (exact) mass is 438 g/mol. The molecular weight excluding hydrogens is 404 g/mol. The SMILES string of the molecule is CC(C)OCc1occ2c1CCC1(C)C3=CC(Cl)C(O)(C(C)C)C(O)C3(O)CCC21. The Bertz CT molecular complexity index is 845. The molecule has 3 aliphatic rings. The van der Waals surface area contributed by atoms with Gasteiger partial charge in [0.1, 0.15) is 29.7 Å². The summed E-state index contributed by atoms with van der Waals surface area (Å²) in [6.07, 6.45) is 5.21. The smallest absolute Gasteiger partial charge is 0.132 e. The van der Waals surface area contributed by atoms with Gasteiger partial charge in [0.05, 0.1) is 17.7 Å². The Morgan fingerprint density at radius 1 is 1.23 bits per heavy atom. The van der Waals surface area contributed by atoms with Crippen molar-refractivity contribution in [3.8, 4) is 0 Å². The van der Waals surface area contributed by atoms with Gasteiger partial charge in [-0.05, 0) is 73.5 Å². The van der Waals surface area contributed by atoms with E-state index in [1.807, 2.05) is 40.0 Å². The number of aliphatic hydroxyl groups excluding tert-OH is 1. The first-order valence-corrected chi connectivity index (χ1v) is 11.6. The van der Waals surface area contributed by atoms with Gasteiger partial charge in [0.25, 0.3) is 0 Å². The van der Waals surface area contributed by atoms with E-state index in [2.05, 4.69) is 6.92 Å². The minimum Gasteiger partial charge on any atom is -0.466 e. The molecule has 0 saturated heterocycles. The summed E-state index contributed by atoms with van der Waals surface area (Å²) >= 11 is 6.63. The zero-order valence-corrected chi connectivity index (χ0v) is 19.4. The van der Waals surface area contributed by atoms with Crippen LogP contribution in [-0.2, 0) is 17.8 Å². The van der Waals surface area contributed by atoms with Crippen molar-refractivity contribution in [1.29, 1.82) is 0 Å². The quantitative estimate of drug-likeness (QED) is 0.487. The van der Waals surface area contributed by atoms with Gasteiger partial charge in [-0.2, -0.15) is 0 Å². The molecule has 6 unspecified atom stereocenters. The molecule has 5 nitrogen and oxygen atoms in total. The number of ether oxygens (including phenoxy) is 1. The predicted molar refractivity (Wildman–Crippen MR) is 116 cm³/mol. The number of alkyl halides is 1. The number of rotatable bonds is 4. The van der Waals surface area contributed by atoms with Crippen LogP contribution in [0.1, 0.15) is 76.7 Å². The van der Waals surface area contributed by atoms with Crippen LogP contribution in [0.25, 0.3) is 0 Å². The standard InChI is InChI=1S/C24H35ClO5/c1-13(2)24(28)20(25)10-19-22(5)8-6-15-16(11-30-18(15)12-29-14(3)4)17(22)7-9-23(19,27)21(24)26/h10-11,13-14,17,20-21,26-28H,6-9,12H2,1-5H3. The first-order valence-electron chi connectivity index (χ1n) is 11.2. The molecule has 0 bridgehead atoms. The number of hydrogen-bond acceptors (Lipinski definition) is 5. The van der Waals surface area contributed by atoms with Gasteiger partial charge < -0.3 is 24.5 Å². The summed E-state index contributed by atoms with van der Waals surface area (Å²) in [5, 5.41) is 33.3. The fraction of sp³-hybridized carbons (Fsp3) is 0.750. The van der Waals surface area contributed by atoms with E-state index < -0.39 is 22.7 Å². The Kier molecular flexibility index (Phi) is 5.47. The molecule has 6 atom stereocenters. The maximum absolute atomic E-state index is 11.7. The summed E-state index contributed by atoms with van der Waals surface area (Å²) < 4.78 is 11.7. The highest BCUT2D eigenvalue weighted by Crippen LogP contribution is 2.63. The first-order chi connectivity index (χ1) is 14.0. The molecule has 0 aliphatic heterocycles. The van der Waals surface area contributed by atoms with Gasteiger partial charge in [0.15, 0.2) is 0 Å². The lowest BCUT2D eigenvalue weighted by Crippen LogP contribution is -2.69. The summed E-state index contributed by atoms with van der Waals surface area (Å²) in [4.78, 5) is 0. The van der Waals surface area contributed by atoms with Gasteiger partial charge in [0.2, 0.25) is 0 Å². The molecule has 1 aromatic heterocycles. The van der Waals surface area contributed by atoms with Crippen molar-refractivity contribution in [2.75, 3.05) is 0 Å². The van der Waals surface area contributed by atoms with Crippen molar-refractivity contribution in [2.24, 2.45) is 11.3 Å².